The topological polar surface area (TPSA) is 0 Å². The number of hydrogen-bond acceptors (Lipinski definition) is 0. The monoisotopic (exact) mass is 244 g/mol. The van der Waals surface area contributed by atoms with Gasteiger partial charge in [0.15, 0.2) is 0 Å². The maximum atomic E-state index is 2.39. The van der Waals surface area contributed by atoms with Gasteiger partial charge in [-0.15, -0.1) is 0 Å². The molecule has 0 aromatic carbocycles. The fourth-order valence-corrected chi connectivity index (χ4v) is 4.12. The number of hydrogen-bond donors (Lipinski definition) is 0. The maximum Gasteiger partial charge on any atom is 0.00463 e. The zero-order valence-electron chi connectivity index (χ0n) is 13.3. The maximum absolute atomic E-state index is 2.39. The largest absolute Gasteiger partial charge is 0.0779 e. The van der Waals surface area contributed by atoms with E-state index in [4.69, 9.17) is 0 Å². The summed E-state index contributed by atoms with van der Waals surface area (Å²) in [4.78, 5) is 0. The molecule has 18 heavy (non-hydrogen) atoms. The van der Waals surface area contributed by atoms with Crippen molar-refractivity contribution in [2.75, 3.05) is 0 Å². The highest BCUT2D eigenvalue weighted by Gasteiger charge is 2.47. The molecule has 0 aliphatic heterocycles. The van der Waals surface area contributed by atoms with E-state index in [9.17, 15) is 0 Å². The van der Waals surface area contributed by atoms with Crippen LogP contribution in [-0.2, 0) is 0 Å². The lowest BCUT2D eigenvalue weighted by molar-refractivity contribution is 0.395. The molecule has 0 unspecified atom stereocenters. The van der Waals surface area contributed by atoms with Crippen LogP contribution in [0, 0.1) is 21.7 Å². The SMILES string of the molecule is CC1(C)C=CC(C)(C)C1=C1C(C)(C)C=CC1(C)C. The molecule has 0 spiro atoms. The molecule has 0 bridgehead atoms. The van der Waals surface area contributed by atoms with Crippen LogP contribution in [0.3, 0.4) is 0 Å². The van der Waals surface area contributed by atoms with Crippen LogP contribution in [-0.4, -0.2) is 0 Å². The van der Waals surface area contributed by atoms with Gasteiger partial charge in [-0.1, -0.05) is 90.8 Å². The minimum absolute atomic E-state index is 0.180. The Labute approximate surface area is 113 Å². The summed E-state index contributed by atoms with van der Waals surface area (Å²) in [5.41, 5.74) is 3.96. The normalized spacial score (nSPS) is 30.2. The van der Waals surface area contributed by atoms with Crippen molar-refractivity contribution in [2.24, 2.45) is 21.7 Å². The summed E-state index contributed by atoms with van der Waals surface area (Å²) in [6.45, 7) is 18.8. The summed E-state index contributed by atoms with van der Waals surface area (Å²) in [7, 11) is 0. The van der Waals surface area contributed by atoms with E-state index >= 15 is 0 Å². The summed E-state index contributed by atoms with van der Waals surface area (Å²) in [5, 5.41) is 0. The second-order valence-electron chi connectivity index (χ2n) is 8.30. The van der Waals surface area contributed by atoms with Crippen LogP contribution < -0.4 is 0 Å². The summed E-state index contributed by atoms with van der Waals surface area (Å²) in [6, 6.07) is 0. The highest BCUT2D eigenvalue weighted by atomic mass is 14.5. The Morgan fingerprint density at radius 3 is 0.778 bits per heavy atom. The molecular formula is C18H28. The van der Waals surface area contributed by atoms with Gasteiger partial charge in [-0.2, -0.15) is 0 Å². The molecule has 0 aromatic rings. The molecule has 0 amide bonds. The quantitative estimate of drug-likeness (QED) is 0.492. The van der Waals surface area contributed by atoms with Crippen molar-refractivity contribution in [3.05, 3.63) is 35.5 Å². The van der Waals surface area contributed by atoms with Gasteiger partial charge >= 0.3 is 0 Å². The van der Waals surface area contributed by atoms with Crippen molar-refractivity contribution in [1.29, 1.82) is 0 Å². The predicted octanol–water partition coefficient (Wildman–Crippen LogP) is 5.53. The second-order valence-corrected chi connectivity index (χ2v) is 8.30. The van der Waals surface area contributed by atoms with Gasteiger partial charge in [-0.25, -0.2) is 0 Å². The lowest BCUT2D eigenvalue weighted by Gasteiger charge is -2.40. The van der Waals surface area contributed by atoms with Crippen LogP contribution >= 0.6 is 0 Å². The molecule has 0 saturated heterocycles. The fraction of sp³-hybridized carbons (Fsp3) is 0.667. The van der Waals surface area contributed by atoms with Gasteiger partial charge in [0.25, 0.3) is 0 Å². The molecule has 0 nitrogen and oxygen atoms in total. The van der Waals surface area contributed by atoms with E-state index in [2.05, 4.69) is 79.7 Å². The van der Waals surface area contributed by atoms with E-state index in [1.165, 1.54) is 0 Å². The zero-order chi connectivity index (χ0) is 14.0. The number of allylic oxidation sites excluding steroid dienone is 6. The summed E-state index contributed by atoms with van der Waals surface area (Å²) < 4.78 is 0. The van der Waals surface area contributed by atoms with Gasteiger partial charge in [0.1, 0.15) is 0 Å². The van der Waals surface area contributed by atoms with Crippen molar-refractivity contribution >= 4 is 0 Å². The van der Waals surface area contributed by atoms with Crippen LogP contribution in [0.2, 0.25) is 0 Å². The van der Waals surface area contributed by atoms with Gasteiger partial charge < -0.3 is 0 Å². The third-order valence-electron chi connectivity index (χ3n) is 4.66. The van der Waals surface area contributed by atoms with Crippen LogP contribution in [0.1, 0.15) is 55.4 Å². The molecule has 0 heteroatoms. The molecule has 2 aliphatic rings. The lowest BCUT2D eigenvalue weighted by Crippen LogP contribution is -2.29. The van der Waals surface area contributed by atoms with Gasteiger partial charge in [0.05, 0.1) is 0 Å². The smallest absolute Gasteiger partial charge is 0.00463 e. The van der Waals surface area contributed by atoms with Crippen LogP contribution in [0.5, 0.6) is 0 Å². The molecule has 0 aromatic heterocycles. The van der Waals surface area contributed by atoms with E-state index in [1.54, 1.807) is 11.1 Å². The molecule has 0 atom stereocenters. The standard InChI is InChI=1S/C18H28/c1-15(2)9-10-16(3,4)13(15)14-17(5,6)11-12-18(14,7)8/h9-12H,1-8H3. The highest BCUT2D eigenvalue weighted by Crippen LogP contribution is 2.59. The first-order chi connectivity index (χ1) is 7.90. The molecule has 0 heterocycles. The highest BCUT2D eigenvalue weighted by molar-refractivity contribution is 5.49. The Bertz CT molecular complexity index is 378. The molecule has 0 fully saturated rings. The summed E-state index contributed by atoms with van der Waals surface area (Å²) >= 11 is 0. The minimum atomic E-state index is 0.180. The van der Waals surface area contributed by atoms with Crippen LogP contribution in [0.15, 0.2) is 35.5 Å². The third-order valence-corrected chi connectivity index (χ3v) is 4.66. The molecule has 2 aliphatic carbocycles. The van der Waals surface area contributed by atoms with Crippen molar-refractivity contribution < 1.29 is 0 Å². The minimum Gasteiger partial charge on any atom is -0.0779 e. The summed E-state index contributed by atoms with van der Waals surface area (Å²) in [5.74, 6) is 0. The van der Waals surface area contributed by atoms with Gasteiger partial charge in [-0.05, 0) is 0 Å². The first-order valence-corrected chi connectivity index (χ1v) is 7.07. The summed E-state index contributed by atoms with van der Waals surface area (Å²) in [6.07, 6.45) is 9.55. The molecular weight excluding hydrogens is 216 g/mol. The van der Waals surface area contributed by atoms with Crippen LogP contribution in [0.25, 0.3) is 0 Å². The Kier molecular flexibility index (Phi) is 2.58. The Hall–Kier alpha value is -0.780. The fourth-order valence-electron chi connectivity index (χ4n) is 4.12. The van der Waals surface area contributed by atoms with E-state index in [1.807, 2.05) is 0 Å². The number of rotatable bonds is 0. The molecule has 100 valence electrons. The van der Waals surface area contributed by atoms with Crippen molar-refractivity contribution in [3.63, 3.8) is 0 Å². The first kappa shape index (κ1) is 13.6. The van der Waals surface area contributed by atoms with E-state index in [0.717, 1.165) is 0 Å². The molecule has 0 radical (unpaired) electrons. The van der Waals surface area contributed by atoms with Crippen LogP contribution in [0.4, 0.5) is 0 Å². The zero-order valence-corrected chi connectivity index (χ0v) is 13.3. The Morgan fingerprint density at radius 1 is 0.444 bits per heavy atom. The van der Waals surface area contributed by atoms with Gasteiger partial charge in [0.2, 0.25) is 0 Å². The molecule has 0 N–H and O–H groups in total. The van der Waals surface area contributed by atoms with E-state index in [-0.39, 0.29) is 21.7 Å². The molecule has 2 rings (SSSR count). The Balaban J connectivity index is 2.74. The van der Waals surface area contributed by atoms with E-state index < -0.39 is 0 Å². The average Bonchev–Trinajstić information content (AvgIpc) is 2.49. The Morgan fingerprint density at radius 2 is 0.611 bits per heavy atom. The van der Waals surface area contributed by atoms with Gasteiger partial charge in [-0.3, -0.25) is 0 Å². The van der Waals surface area contributed by atoms with Crippen molar-refractivity contribution in [2.45, 2.75) is 55.4 Å². The van der Waals surface area contributed by atoms with Crippen molar-refractivity contribution in [1.82, 2.24) is 0 Å². The predicted molar refractivity (Wildman–Crippen MR) is 80.4 cm³/mol. The van der Waals surface area contributed by atoms with Crippen molar-refractivity contribution in [3.8, 4) is 0 Å². The van der Waals surface area contributed by atoms with E-state index in [0.29, 0.717) is 0 Å². The van der Waals surface area contributed by atoms with Gasteiger partial charge in [0, 0.05) is 21.7 Å². The first-order valence-electron chi connectivity index (χ1n) is 7.07. The second kappa shape index (κ2) is 3.40. The third kappa shape index (κ3) is 1.81. The average molecular weight is 244 g/mol. The lowest BCUT2D eigenvalue weighted by atomic mass is 9.64. The molecule has 0 saturated carbocycles.